The number of para-hydroxylation sites is 2. The van der Waals surface area contributed by atoms with E-state index in [0.717, 1.165) is 88.7 Å². The molecule has 12 rings (SSSR count). The normalized spacial score (nSPS) is 11.5. The summed E-state index contributed by atoms with van der Waals surface area (Å²) in [7, 11) is 0. The van der Waals surface area contributed by atoms with Gasteiger partial charge >= 0.3 is 0 Å². The lowest BCUT2D eigenvalue weighted by Crippen LogP contribution is -2.00. The average Bonchev–Trinajstić information content (AvgIpc) is 3.92. The van der Waals surface area contributed by atoms with E-state index in [4.69, 9.17) is 20.1 Å². The van der Waals surface area contributed by atoms with Gasteiger partial charge < -0.3 is 4.57 Å². The molecule has 0 unspecified atom stereocenters. The minimum absolute atomic E-state index is 0.604. The molecule has 290 valence electrons. The van der Waals surface area contributed by atoms with Gasteiger partial charge in [0.25, 0.3) is 0 Å². The molecule has 0 atom stereocenters. The Morgan fingerprint density at radius 1 is 0.339 bits per heavy atom. The number of rotatable bonds is 7. The SMILES string of the molecule is c1ccc(-c2nc(-c3ccc(-c4c(-c5ccccc5)nn5c(-c6ccccc6)cc6ccccc6c45)cc3)nc(-c3ccc4c(c3)c3ccccc3n4-c3ccccc3)n2)cc1. The standard InChI is InChI=1S/C56H36N6/c1-5-17-37(18-6-1)50-36-42-23-13-14-26-45(42)53-51(52(60-62(50)53)39-19-7-2-8-20-39)38-29-31-41(32-30-38)55-57-54(40-21-9-3-10-22-40)58-56(59-55)43-33-34-49-47(35-43)46-27-15-16-28-48(46)61(49)44-24-11-4-12-25-44/h1-36H. The number of nitrogens with zero attached hydrogens (tertiary/aromatic N) is 6. The monoisotopic (exact) mass is 792 g/mol. The summed E-state index contributed by atoms with van der Waals surface area (Å²) >= 11 is 0. The Kier molecular flexibility index (Phi) is 8.38. The van der Waals surface area contributed by atoms with E-state index < -0.39 is 0 Å². The zero-order chi connectivity index (χ0) is 41.0. The number of fused-ring (bicyclic) bond motifs is 6. The van der Waals surface area contributed by atoms with Gasteiger partial charge in [0.2, 0.25) is 0 Å². The molecule has 8 aromatic carbocycles. The van der Waals surface area contributed by atoms with Crippen LogP contribution in [0.4, 0.5) is 0 Å². The molecule has 0 radical (unpaired) electrons. The number of benzene rings is 8. The van der Waals surface area contributed by atoms with E-state index >= 15 is 0 Å². The molecule has 0 aliphatic rings. The molecule has 0 amide bonds. The maximum absolute atomic E-state index is 5.40. The van der Waals surface area contributed by atoms with Gasteiger partial charge in [-0.3, -0.25) is 0 Å². The Hall–Kier alpha value is -8.48. The van der Waals surface area contributed by atoms with Crippen molar-refractivity contribution < 1.29 is 0 Å². The van der Waals surface area contributed by atoms with Crippen molar-refractivity contribution in [1.82, 2.24) is 29.1 Å². The summed E-state index contributed by atoms with van der Waals surface area (Å²) in [5, 5.41) is 10.0. The van der Waals surface area contributed by atoms with E-state index in [2.05, 4.69) is 191 Å². The molecule has 0 bridgehead atoms. The smallest absolute Gasteiger partial charge is 0.164 e. The number of hydrogen-bond acceptors (Lipinski definition) is 4. The van der Waals surface area contributed by atoms with E-state index in [-0.39, 0.29) is 0 Å². The quantitative estimate of drug-likeness (QED) is 0.161. The fourth-order valence-electron chi connectivity index (χ4n) is 8.88. The van der Waals surface area contributed by atoms with Crippen LogP contribution in [0.2, 0.25) is 0 Å². The molecule has 0 spiro atoms. The molecular formula is C56H36N6. The zero-order valence-corrected chi connectivity index (χ0v) is 33.5. The van der Waals surface area contributed by atoms with Crippen LogP contribution in [0.1, 0.15) is 0 Å². The highest BCUT2D eigenvalue weighted by Crippen LogP contribution is 2.42. The van der Waals surface area contributed by atoms with E-state index in [1.165, 1.54) is 5.39 Å². The van der Waals surface area contributed by atoms with Crippen LogP contribution in [-0.4, -0.2) is 29.1 Å². The van der Waals surface area contributed by atoms with E-state index in [1.807, 2.05) is 36.4 Å². The van der Waals surface area contributed by atoms with Crippen molar-refractivity contribution in [2.24, 2.45) is 0 Å². The Morgan fingerprint density at radius 2 is 0.839 bits per heavy atom. The maximum atomic E-state index is 5.40. The van der Waals surface area contributed by atoms with Crippen LogP contribution in [-0.2, 0) is 0 Å². The molecule has 12 aromatic rings. The third-order valence-electron chi connectivity index (χ3n) is 11.8. The molecule has 4 aromatic heterocycles. The Morgan fingerprint density at radius 3 is 1.53 bits per heavy atom. The number of aromatic nitrogens is 6. The molecule has 6 nitrogen and oxygen atoms in total. The fraction of sp³-hybridized carbons (Fsp3) is 0. The van der Waals surface area contributed by atoms with Gasteiger partial charge in [-0.05, 0) is 53.4 Å². The van der Waals surface area contributed by atoms with Gasteiger partial charge in [0.1, 0.15) is 5.69 Å². The van der Waals surface area contributed by atoms with Gasteiger partial charge in [-0.25, -0.2) is 19.5 Å². The largest absolute Gasteiger partial charge is 0.309 e. The molecule has 0 N–H and O–H groups in total. The number of hydrogen-bond donors (Lipinski definition) is 0. The van der Waals surface area contributed by atoms with Gasteiger partial charge in [-0.15, -0.1) is 0 Å². The second-order valence-corrected chi connectivity index (χ2v) is 15.5. The summed E-state index contributed by atoms with van der Waals surface area (Å²) in [6.45, 7) is 0. The van der Waals surface area contributed by atoms with Gasteiger partial charge in [-0.1, -0.05) is 176 Å². The molecule has 0 aliphatic heterocycles. The molecule has 4 heterocycles. The average molecular weight is 793 g/mol. The summed E-state index contributed by atoms with van der Waals surface area (Å²) in [6, 6.07) is 76.2. The van der Waals surface area contributed by atoms with E-state index in [1.54, 1.807) is 0 Å². The van der Waals surface area contributed by atoms with Crippen molar-refractivity contribution in [3.05, 3.63) is 218 Å². The second kappa shape index (κ2) is 14.7. The molecule has 0 saturated carbocycles. The lowest BCUT2D eigenvalue weighted by atomic mass is 9.96. The van der Waals surface area contributed by atoms with Crippen LogP contribution in [0.3, 0.4) is 0 Å². The van der Waals surface area contributed by atoms with E-state index in [0.29, 0.717) is 17.5 Å². The third-order valence-corrected chi connectivity index (χ3v) is 11.8. The van der Waals surface area contributed by atoms with Gasteiger partial charge in [0, 0.05) is 55.2 Å². The predicted octanol–water partition coefficient (Wildman–Crippen LogP) is 13.8. The minimum atomic E-state index is 0.604. The first-order valence-corrected chi connectivity index (χ1v) is 20.8. The maximum Gasteiger partial charge on any atom is 0.164 e. The molecule has 0 aliphatic carbocycles. The zero-order valence-electron chi connectivity index (χ0n) is 33.5. The summed E-state index contributed by atoms with van der Waals surface area (Å²) in [5.41, 5.74) is 13.4. The molecule has 0 fully saturated rings. The van der Waals surface area contributed by atoms with Crippen LogP contribution in [0.15, 0.2) is 218 Å². The first-order chi connectivity index (χ1) is 30.7. The third kappa shape index (κ3) is 5.96. The Labute approximate surface area is 357 Å². The van der Waals surface area contributed by atoms with Crippen LogP contribution in [0.5, 0.6) is 0 Å². The first kappa shape index (κ1) is 35.5. The Balaban J connectivity index is 1.03. The highest BCUT2D eigenvalue weighted by Gasteiger charge is 2.22. The molecule has 0 saturated heterocycles. The first-order valence-electron chi connectivity index (χ1n) is 20.8. The summed E-state index contributed by atoms with van der Waals surface area (Å²) in [5.74, 6) is 1.84. The van der Waals surface area contributed by atoms with Gasteiger partial charge in [0.05, 0.1) is 22.2 Å². The minimum Gasteiger partial charge on any atom is -0.309 e. The summed E-state index contributed by atoms with van der Waals surface area (Å²) in [4.78, 5) is 15.4. The highest BCUT2D eigenvalue weighted by molar-refractivity contribution is 6.11. The van der Waals surface area contributed by atoms with Crippen molar-refractivity contribution in [2.45, 2.75) is 0 Å². The van der Waals surface area contributed by atoms with Crippen molar-refractivity contribution in [3.8, 4) is 73.5 Å². The van der Waals surface area contributed by atoms with Crippen molar-refractivity contribution in [1.29, 1.82) is 0 Å². The molecule has 62 heavy (non-hydrogen) atoms. The molecule has 6 heteroatoms. The van der Waals surface area contributed by atoms with Crippen molar-refractivity contribution in [3.63, 3.8) is 0 Å². The van der Waals surface area contributed by atoms with Crippen LogP contribution < -0.4 is 0 Å². The van der Waals surface area contributed by atoms with Crippen LogP contribution >= 0.6 is 0 Å². The lowest BCUT2D eigenvalue weighted by Gasteiger charge is -2.11. The van der Waals surface area contributed by atoms with Crippen molar-refractivity contribution in [2.75, 3.05) is 0 Å². The Bertz CT molecular complexity index is 3600. The highest BCUT2D eigenvalue weighted by atomic mass is 15.2. The van der Waals surface area contributed by atoms with E-state index in [9.17, 15) is 0 Å². The lowest BCUT2D eigenvalue weighted by molar-refractivity contribution is 0.979. The van der Waals surface area contributed by atoms with Crippen LogP contribution in [0, 0.1) is 0 Å². The van der Waals surface area contributed by atoms with Crippen LogP contribution in [0.25, 0.3) is 112 Å². The van der Waals surface area contributed by atoms with Gasteiger partial charge in [-0.2, -0.15) is 5.10 Å². The summed E-state index contributed by atoms with van der Waals surface area (Å²) < 4.78 is 4.45. The topological polar surface area (TPSA) is 60.9 Å². The summed E-state index contributed by atoms with van der Waals surface area (Å²) in [6.07, 6.45) is 0. The van der Waals surface area contributed by atoms with Gasteiger partial charge in [0.15, 0.2) is 17.5 Å². The number of pyridine rings is 1. The molecular weight excluding hydrogens is 757 g/mol. The van der Waals surface area contributed by atoms with Crippen molar-refractivity contribution >= 4 is 38.1 Å². The predicted molar refractivity (Wildman–Crippen MR) is 253 cm³/mol. The fourth-order valence-corrected chi connectivity index (χ4v) is 8.88. The second-order valence-electron chi connectivity index (χ2n) is 15.5.